The van der Waals surface area contributed by atoms with Crippen molar-refractivity contribution in [2.45, 2.75) is 53.4 Å². The van der Waals surface area contributed by atoms with Crippen molar-refractivity contribution in [2.75, 3.05) is 34.0 Å². The van der Waals surface area contributed by atoms with Crippen LogP contribution < -0.4 is 18.9 Å². The Morgan fingerprint density at radius 2 is 1.51 bits per heavy atom. The molecule has 1 aliphatic rings. The minimum atomic E-state index is -0.218. The van der Waals surface area contributed by atoms with Crippen molar-refractivity contribution in [3.8, 4) is 23.0 Å². The zero-order valence-electron chi connectivity index (χ0n) is 22.8. The molecule has 1 saturated carbocycles. The molecule has 37 heavy (non-hydrogen) atoms. The summed E-state index contributed by atoms with van der Waals surface area (Å²) in [4.78, 5) is 18.0. The molecule has 3 rings (SSSR count). The number of rotatable bonds is 11. The van der Waals surface area contributed by atoms with Gasteiger partial charge in [-0.2, -0.15) is 0 Å². The number of benzene rings is 2. The quantitative estimate of drug-likeness (QED) is 0.299. The number of aliphatic hydroxyl groups excluding tert-OH is 1. The number of ether oxygens (including phenoxy) is 4. The van der Waals surface area contributed by atoms with Crippen LogP contribution in [0.2, 0.25) is 0 Å². The molecule has 1 N–H and O–H groups in total. The van der Waals surface area contributed by atoms with Crippen LogP contribution >= 0.6 is 0 Å². The first kappa shape index (κ1) is 28.1. The van der Waals surface area contributed by atoms with Crippen LogP contribution in [-0.4, -0.2) is 50.6 Å². The zero-order valence-corrected chi connectivity index (χ0v) is 22.8. The van der Waals surface area contributed by atoms with Gasteiger partial charge in [-0.05, 0) is 67.5 Å². The highest BCUT2D eigenvalue weighted by molar-refractivity contribution is 6.24. The summed E-state index contributed by atoms with van der Waals surface area (Å²) in [7, 11) is 3.22. The van der Waals surface area contributed by atoms with E-state index in [1.54, 1.807) is 14.2 Å². The molecule has 0 spiro atoms. The summed E-state index contributed by atoms with van der Waals surface area (Å²) in [5.41, 5.74) is 2.67. The first-order chi connectivity index (χ1) is 17.7. The average Bonchev–Trinajstić information content (AvgIpc) is 2.84. The molecule has 0 aliphatic heterocycles. The van der Waals surface area contributed by atoms with Crippen molar-refractivity contribution in [1.29, 1.82) is 0 Å². The van der Waals surface area contributed by atoms with Gasteiger partial charge in [-0.15, -0.1) is 0 Å². The number of hydrogen-bond donors (Lipinski definition) is 1. The predicted molar refractivity (Wildman–Crippen MR) is 146 cm³/mol. The SMILES string of the molecule is CCOc1ccc(C/C(O)=C2/C(=O)CC(C)(C)CC2=NCCc2ccc(OC)c(OC)c2)cc1OCC. The monoisotopic (exact) mass is 509 g/mol. The number of hydrogen-bond acceptors (Lipinski definition) is 7. The molecule has 0 amide bonds. The summed E-state index contributed by atoms with van der Waals surface area (Å²) < 4.78 is 22.1. The number of methoxy groups -OCH3 is 2. The molecule has 0 unspecified atom stereocenters. The van der Waals surface area contributed by atoms with Gasteiger partial charge < -0.3 is 24.1 Å². The first-order valence-corrected chi connectivity index (χ1v) is 12.8. The molecular weight excluding hydrogens is 470 g/mol. The Morgan fingerprint density at radius 3 is 2.19 bits per heavy atom. The maximum Gasteiger partial charge on any atom is 0.168 e. The molecule has 0 bridgehead atoms. The molecule has 7 heteroatoms. The molecule has 200 valence electrons. The molecule has 0 aromatic heterocycles. The van der Waals surface area contributed by atoms with Gasteiger partial charge in [-0.3, -0.25) is 9.79 Å². The summed E-state index contributed by atoms with van der Waals surface area (Å²) >= 11 is 0. The molecular formula is C30H39NO6. The maximum atomic E-state index is 13.2. The lowest BCUT2D eigenvalue weighted by molar-refractivity contribution is -0.117. The fourth-order valence-corrected chi connectivity index (χ4v) is 4.59. The number of aliphatic imine (C=N–C) groups is 1. The lowest BCUT2D eigenvalue weighted by Crippen LogP contribution is -2.33. The topological polar surface area (TPSA) is 86.6 Å². The summed E-state index contributed by atoms with van der Waals surface area (Å²) in [6, 6.07) is 11.4. The van der Waals surface area contributed by atoms with Crippen molar-refractivity contribution in [2.24, 2.45) is 10.4 Å². The van der Waals surface area contributed by atoms with Crippen LogP contribution in [0, 0.1) is 5.41 Å². The van der Waals surface area contributed by atoms with Crippen molar-refractivity contribution < 1.29 is 28.8 Å². The molecule has 7 nitrogen and oxygen atoms in total. The van der Waals surface area contributed by atoms with E-state index in [0.29, 0.717) is 73.3 Å². The van der Waals surface area contributed by atoms with Crippen LogP contribution in [0.25, 0.3) is 0 Å². The number of carbonyl (C=O) groups excluding carboxylic acids is 1. The van der Waals surface area contributed by atoms with Crippen LogP contribution in [0.15, 0.2) is 52.7 Å². The Balaban J connectivity index is 1.86. The second kappa shape index (κ2) is 12.7. The van der Waals surface area contributed by atoms with Crippen LogP contribution in [0.5, 0.6) is 23.0 Å². The number of Topliss-reactive ketones (excluding diaryl/α,β-unsaturated/α-hetero) is 1. The van der Waals surface area contributed by atoms with Gasteiger partial charge in [0.25, 0.3) is 0 Å². The zero-order chi connectivity index (χ0) is 27.0. The Labute approximate surface area is 220 Å². The molecule has 0 saturated heterocycles. The standard InChI is InChI=1S/C30H39NO6/c1-7-36-26-12-10-21(17-28(26)37-8-2)15-23(32)29-22(18-30(3,4)19-24(29)33)31-14-13-20-9-11-25(34-5)27(16-20)35-6/h9-12,16-17,32H,7-8,13-15,18-19H2,1-6H3/b29-23-,31-22?. The van der Waals surface area contributed by atoms with Gasteiger partial charge in [0, 0.05) is 25.1 Å². The third kappa shape index (κ3) is 7.28. The van der Waals surface area contributed by atoms with Crippen molar-refractivity contribution in [3.63, 3.8) is 0 Å². The Hall–Kier alpha value is -3.48. The first-order valence-electron chi connectivity index (χ1n) is 12.8. The van der Waals surface area contributed by atoms with Gasteiger partial charge >= 0.3 is 0 Å². The lowest BCUT2D eigenvalue weighted by Gasteiger charge is -2.31. The minimum absolute atomic E-state index is 0.0389. The number of nitrogens with zero attached hydrogens (tertiary/aromatic N) is 1. The summed E-state index contributed by atoms with van der Waals surface area (Å²) in [6.07, 6.45) is 1.87. The van der Waals surface area contributed by atoms with E-state index in [9.17, 15) is 9.90 Å². The Morgan fingerprint density at radius 1 is 0.892 bits per heavy atom. The second-order valence-corrected chi connectivity index (χ2v) is 9.85. The molecule has 2 aromatic rings. The normalized spacial score (nSPS) is 17.5. The lowest BCUT2D eigenvalue weighted by atomic mass is 9.73. The fraction of sp³-hybridized carbons (Fsp3) is 0.467. The number of ketones is 1. The number of aliphatic hydroxyl groups is 1. The summed E-state index contributed by atoms with van der Waals surface area (Å²) in [5, 5.41) is 11.1. The molecule has 0 heterocycles. The predicted octanol–water partition coefficient (Wildman–Crippen LogP) is 5.93. The smallest absolute Gasteiger partial charge is 0.168 e. The van der Waals surface area contributed by atoms with Gasteiger partial charge in [0.2, 0.25) is 0 Å². The highest BCUT2D eigenvalue weighted by Crippen LogP contribution is 2.36. The van der Waals surface area contributed by atoms with Gasteiger partial charge in [0.15, 0.2) is 28.8 Å². The van der Waals surface area contributed by atoms with Crippen LogP contribution in [-0.2, 0) is 17.6 Å². The van der Waals surface area contributed by atoms with E-state index < -0.39 is 0 Å². The maximum absolute atomic E-state index is 13.2. The van der Waals surface area contributed by atoms with Crippen LogP contribution in [0.3, 0.4) is 0 Å². The van der Waals surface area contributed by atoms with Crippen molar-refractivity contribution >= 4 is 11.5 Å². The average molecular weight is 510 g/mol. The fourth-order valence-electron chi connectivity index (χ4n) is 4.59. The van der Waals surface area contributed by atoms with E-state index in [0.717, 1.165) is 11.1 Å². The molecule has 1 fully saturated rings. The van der Waals surface area contributed by atoms with E-state index in [2.05, 4.69) is 13.8 Å². The highest BCUT2D eigenvalue weighted by atomic mass is 16.5. The van der Waals surface area contributed by atoms with Gasteiger partial charge in [-0.1, -0.05) is 26.0 Å². The molecule has 1 aliphatic carbocycles. The van der Waals surface area contributed by atoms with Crippen molar-refractivity contribution in [3.05, 3.63) is 58.9 Å². The minimum Gasteiger partial charge on any atom is -0.511 e. The van der Waals surface area contributed by atoms with E-state index >= 15 is 0 Å². The number of carbonyl (C=O) groups is 1. The van der Waals surface area contributed by atoms with Crippen LogP contribution in [0.4, 0.5) is 0 Å². The summed E-state index contributed by atoms with van der Waals surface area (Å²) in [6.45, 7) is 9.47. The van der Waals surface area contributed by atoms with Gasteiger partial charge in [0.05, 0.1) is 33.0 Å². The molecule has 0 radical (unpaired) electrons. The second-order valence-electron chi connectivity index (χ2n) is 9.85. The molecule has 2 aromatic carbocycles. The van der Waals surface area contributed by atoms with Crippen LogP contribution in [0.1, 0.15) is 51.7 Å². The van der Waals surface area contributed by atoms with Gasteiger partial charge in [-0.25, -0.2) is 0 Å². The van der Waals surface area contributed by atoms with E-state index in [1.807, 2.05) is 50.2 Å². The summed E-state index contributed by atoms with van der Waals surface area (Å²) in [5.74, 6) is 2.59. The van der Waals surface area contributed by atoms with E-state index in [1.165, 1.54) is 0 Å². The van der Waals surface area contributed by atoms with Crippen molar-refractivity contribution in [1.82, 2.24) is 0 Å². The largest absolute Gasteiger partial charge is 0.511 e. The Bertz CT molecular complexity index is 1160. The third-order valence-corrected chi connectivity index (χ3v) is 6.27. The highest BCUT2D eigenvalue weighted by Gasteiger charge is 2.36. The molecule has 0 atom stereocenters. The van der Waals surface area contributed by atoms with E-state index in [4.69, 9.17) is 23.9 Å². The van der Waals surface area contributed by atoms with E-state index in [-0.39, 0.29) is 23.4 Å². The number of allylic oxidation sites excluding steroid dienone is 2. The third-order valence-electron chi connectivity index (χ3n) is 6.27. The Kier molecular flexibility index (Phi) is 9.61. The van der Waals surface area contributed by atoms with Gasteiger partial charge in [0.1, 0.15) is 5.76 Å².